The number of halogens is 1. The van der Waals surface area contributed by atoms with Gasteiger partial charge in [-0.05, 0) is 44.5 Å². The van der Waals surface area contributed by atoms with Crippen LogP contribution in [0.5, 0.6) is 0 Å². The van der Waals surface area contributed by atoms with Gasteiger partial charge in [-0.3, -0.25) is 9.69 Å². The Labute approximate surface area is 151 Å². The summed E-state index contributed by atoms with van der Waals surface area (Å²) >= 11 is 0. The fourth-order valence-electron chi connectivity index (χ4n) is 2.97. The minimum Gasteiger partial charge on any atom is -0.377 e. The van der Waals surface area contributed by atoms with E-state index >= 15 is 0 Å². The van der Waals surface area contributed by atoms with Crippen LogP contribution in [0.1, 0.15) is 30.9 Å². The van der Waals surface area contributed by atoms with Crippen molar-refractivity contribution < 1.29 is 9.53 Å². The third-order valence-corrected chi connectivity index (χ3v) is 4.34. The first-order valence-corrected chi connectivity index (χ1v) is 8.53. The molecule has 0 spiro atoms. The molecule has 1 heterocycles. The number of rotatable bonds is 8. The molecule has 2 N–H and O–H groups in total. The third kappa shape index (κ3) is 6.77. The summed E-state index contributed by atoms with van der Waals surface area (Å²) in [4.78, 5) is 14.4. The van der Waals surface area contributed by atoms with Crippen molar-refractivity contribution in [3.63, 3.8) is 0 Å². The zero-order valence-corrected chi connectivity index (χ0v) is 15.5. The van der Waals surface area contributed by atoms with Crippen LogP contribution in [0, 0.1) is 0 Å². The Morgan fingerprint density at radius 1 is 1.33 bits per heavy atom. The average Bonchev–Trinajstić information content (AvgIpc) is 2.59. The maximum absolute atomic E-state index is 12.2. The van der Waals surface area contributed by atoms with Crippen molar-refractivity contribution in [2.45, 2.75) is 39.0 Å². The van der Waals surface area contributed by atoms with E-state index in [1.54, 1.807) is 0 Å². The van der Waals surface area contributed by atoms with Crippen LogP contribution in [0.15, 0.2) is 24.3 Å². The SMILES string of the molecule is CCOCc1ccccc1CNC(=O)CN1CCCC(NC)C1.Cl. The summed E-state index contributed by atoms with van der Waals surface area (Å²) in [5.74, 6) is 0.0907. The van der Waals surface area contributed by atoms with Crippen LogP contribution in [0.4, 0.5) is 0 Å². The summed E-state index contributed by atoms with van der Waals surface area (Å²) in [6.45, 7) is 6.27. The quantitative estimate of drug-likeness (QED) is 0.748. The second-order valence-electron chi connectivity index (χ2n) is 6.05. The van der Waals surface area contributed by atoms with Gasteiger partial charge in [0.1, 0.15) is 0 Å². The second kappa shape index (κ2) is 11.4. The molecule has 2 rings (SSSR count). The van der Waals surface area contributed by atoms with E-state index in [0.29, 0.717) is 32.3 Å². The molecular formula is C18H30ClN3O2. The largest absolute Gasteiger partial charge is 0.377 e. The fourth-order valence-corrected chi connectivity index (χ4v) is 2.97. The average molecular weight is 356 g/mol. The number of nitrogens with zero attached hydrogens (tertiary/aromatic N) is 1. The Morgan fingerprint density at radius 2 is 2.08 bits per heavy atom. The minimum absolute atomic E-state index is 0. The Bertz CT molecular complexity index is 499. The Balaban J connectivity index is 0.00000288. The first-order valence-electron chi connectivity index (χ1n) is 8.53. The van der Waals surface area contributed by atoms with Gasteiger partial charge in [0.15, 0.2) is 0 Å². The molecule has 24 heavy (non-hydrogen) atoms. The molecule has 136 valence electrons. The maximum Gasteiger partial charge on any atom is 0.234 e. The van der Waals surface area contributed by atoms with Crippen LogP contribution < -0.4 is 10.6 Å². The van der Waals surface area contributed by atoms with Crippen molar-refractivity contribution in [1.82, 2.24) is 15.5 Å². The molecule has 0 aliphatic carbocycles. The number of ether oxygens (including phenoxy) is 1. The lowest BCUT2D eigenvalue weighted by Crippen LogP contribution is -2.47. The lowest BCUT2D eigenvalue weighted by molar-refractivity contribution is -0.122. The smallest absolute Gasteiger partial charge is 0.234 e. The molecule has 0 bridgehead atoms. The molecule has 6 heteroatoms. The van der Waals surface area contributed by atoms with Gasteiger partial charge < -0.3 is 15.4 Å². The number of hydrogen-bond acceptors (Lipinski definition) is 4. The third-order valence-electron chi connectivity index (χ3n) is 4.34. The number of piperidine rings is 1. The number of carbonyl (C=O) groups excluding carboxylic acids is 1. The zero-order valence-electron chi connectivity index (χ0n) is 14.7. The van der Waals surface area contributed by atoms with Gasteiger partial charge >= 0.3 is 0 Å². The molecule has 1 amide bonds. The van der Waals surface area contributed by atoms with E-state index in [-0.39, 0.29) is 18.3 Å². The van der Waals surface area contributed by atoms with Crippen LogP contribution in [0.3, 0.4) is 0 Å². The van der Waals surface area contributed by atoms with E-state index in [9.17, 15) is 4.79 Å². The summed E-state index contributed by atoms with van der Waals surface area (Å²) in [6, 6.07) is 8.61. The molecule has 1 saturated heterocycles. The van der Waals surface area contributed by atoms with Crippen molar-refractivity contribution in [2.24, 2.45) is 0 Å². The summed E-state index contributed by atoms with van der Waals surface area (Å²) in [5.41, 5.74) is 2.27. The number of nitrogens with one attached hydrogen (secondary N) is 2. The van der Waals surface area contributed by atoms with Gasteiger partial charge in [-0.15, -0.1) is 12.4 Å². The van der Waals surface area contributed by atoms with Crippen LogP contribution >= 0.6 is 12.4 Å². The molecule has 0 radical (unpaired) electrons. The molecule has 1 aliphatic rings. The molecule has 1 atom stereocenters. The highest BCUT2D eigenvalue weighted by molar-refractivity contribution is 5.85. The summed E-state index contributed by atoms with van der Waals surface area (Å²) in [6.07, 6.45) is 2.34. The van der Waals surface area contributed by atoms with Gasteiger partial charge in [0.05, 0.1) is 13.2 Å². The highest BCUT2D eigenvalue weighted by atomic mass is 35.5. The normalized spacial score (nSPS) is 18.0. The van der Waals surface area contributed by atoms with Gasteiger partial charge in [0.25, 0.3) is 0 Å². The topological polar surface area (TPSA) is 53.6 Å². The lowest BCUT2D eigenvalue weighted by Gasteiger charge is -2.31. The predicted octanol–water partition coefficient (Wildman–Crippen LogP) is 1.94. The van der Waals surface area contributed by atoms with Gasteiger partial charge in [0, 0.05) is 25.7 Å². The van der Waals surface area contributed by atoms with E-state index in [1.807, 2.05) is 32.2 Å². The van der Waals surface area contributed by atoms with E-state index in [1.165, 1.54) is 6.42 Å². The van der Waals surface area contributed by atoms with E-state index in [2.05, 4.69) is 21.6 Å². The Hall–Kier alpha value is -1.14. The minimum atomic E-state index is 0. The van der Waals surface area contributed by atoms with Crippen molar-refractivity contribution in [3.8, 4) is 0 Å². The Morgan fingerprint density at radius 3 is 2.79 bits per heavy atom. The number of amides is 1. The first-order chi connectivity index (χ1) is 11.2. The van der Waals surface area contributed by atoms with Gasteiger partial charge in [-0.1, -0.05) is 24.3 Å². The summed E-state index contributed by atoms with van der Waals surface area (Å²) in [5, 5.41) is 6.34. The van der Waals surface area contributed by atoms with Gasteiger partial charge in [-0.2, -0.15) is 0 Å². The highest BCUT2D eigenvalue weighted by Crippen LogP contribution is 2.11. The van der Waals surface area contributed by atoms with Crippen molar-refractivity contribution in [1.29, 1.82) is 0 Å². The number of likely N-dealkylation sites (tertiary alicyclic amines) is 1. The van der Waals surface area contributed by atoms with Crippen molar-refractivity contribution in [3.05, 3.63) is 35.4 Å². The molecule has 0 aromatic heterocycles. The predicted molar refractivity (Wildman–Crippen MR) is 99.4 cm³/mol. The van der Waals surface area contributed by atoms with Crippen molar-refractivity contribution in [2.75, 3.05) is 33.3 Å². The molecule has 0 saturated carbocycles. The van der Waals surface area contributed by atoms with Crippen LogP contribution in [0.2, 0.25) is 0 Å². The molecule has 1 fully saturated rings. The first kappa shape index (κ1) is 20.9. The zero-order chi connectivity index (χ0) is 16.5. The standard InChI is InChI=1S/C18H29N3O2.ClH/c1-3-23-14-16-8-5-4-7-15(16)11-20-18(22)13-21-10-6-9-17(12-21)19-2;/h4-5,7-8,17,19H,3,6,9-14H2,1-2H3,(H,20,22);1H. The summed E-state index contributed by atoms with van der Waals surface area (Å²) in [7, 11) is 1.99. The number of carbonyl (C=O) groups is 1. The molecule has 1 unspecified atom stereocenters. The molecular weight excluding hydrogens is 326 g/mol. The van der Waals surface area contributed by atoms with Crippen molar-refractivity contribution >= 4 is 18.3 Å². The lowest BCUT2D eigenvalue weighted by atomic mass is 10.1. The molecule has 5 nitrogen and oxygen atoms in total. The van der Waals surface area contributed by atoms with Crippen LogP contribution in [0.25, 0.3) is 0 Å². The van der Waals surface area contributed by atoms with Crippen LogP contribution in [-0.2, 0) is 22.7 Å². The van der Waals surface area contributed by atoms with Gasteiger partial charge in [0.2, 0.25) is 5.91 Å². The maximum atomic E-state index is 12.2. The molecule has 1 aromatic carbocycles. The van der Waals surface area contributed by atoms with E-state index in [0.717, 1.165) is 30.6 Å². The number of likely N-dealkylation sites (N-methyl/N-ethyl adjacent to an activating group) is 1. The number of hydrogen-bond donors (Lipinski definition) is 2. The van der Waals surface area contributed by atoms with E-state index in [4.69, 9.17) is 4.74 Å². The monoisotopic (exact) mass is 355 g/mol. The molecule has 1 aromatic rings. The second-order valence-corrected chi connectivity index (χ2v) is 6.05. The highest BCUT2D eigenvalue weighted by Gasteiger charge is 2.20. The summed E-state index contributed by atoms with van der Waals surface area (Å²) < 4.78 is 5.48. The number of benzene rings is 1. The molecule has 1 aliphatic heterocycles. The Kier molecular flexibility index (Phi) is 9.95. The van der Waals surface area contributed by atoms with E-state index < -0.39 is 0 Å². The fraction of sp³-hybridized carbons (Fsp3) is 0.611. The van der Waals surface area contributed by atoms with Crippen LogP contribution in [-0.4, -0.2) is 50.1 Å². The van der Waals surface area contributed by atoms with Gasteiger partial charge in [-0.25, -0.2) is 0 Å².